The molecule has 0 aliphatic heterocycles. The Labute approximate surface area is 175 Å². The number of aliphatic hydroxyl groups is 1. The van der Waals surface area contributed by atoms with Crippen molar-refractivity contribution < 1.29 is 19.1 Å². The van der Waals surface area contributed by atoms with E-state index in [4.69, 9.17) is 9.16 Å². The number of benzene rings is 2. The van der Waals surface area contributed by atoms with E-state index in [9.17, 15) is 9.90 Å². The van der Waals surface area contributed by atoms with Crippen molar-refractivity contribution in [3.05, 3.63) is 72.8 Å². The lowest BCUT2D eigenvalue weighted by molar-refractivity contribution is -0.152. The van der Waals surface area contributed by atoms with E-state index in [2.05, 4.69) is 51.6 Å². The highest BCUT2D eigenvalue weighted by molar-refractivity contribution is 6.99. The molecule has 0 aromatic heterocycles. The second-order valence-corrected chi connectivity index (χ2v) is 12.5. The van der Waals surface area contributed by atoms with Gasteiger partial charge in [-0.05, 0) is 27.9 Å². The van der Waals surface area contributed by atoms with Gasteiger partial charge in [-0.3, -0.25) is 0 Å². The van der Waals surface area contributed by atoms with Crippen molar-refractivity contribution in [1.29, 1.82) is 0 Å². The van der Waals surface area contributed by atoms with E-state index in [1.807, 2.05) is 36.4 Å². The van der Waals surface area contributed by atoms with Crippen LogP contribution >= 0.6 is 0 Å². The average Bonchev–Trinajstić information content (AvgIpc) is 2.69. The maximum absolute atomic E-state index is 11.7. The molecule has 0 unspecified atom stereocenters. The first-order valence-electron chi connectivity index (χ1n) is 9.98. The molecule has 0 aliphatic carbocycles. The molecule has 0 spiro atoms. The maximum Gasteiger partial charge on any atom is 0.335 e. The summed E-state index contributed by atoms with van der Waals surface area (Å²) in [5, 5.41) is 12.3. The molecule has 0 radical (unpaired) electrons. The molecule has 0 saturated heterocycles. The summed E-state index contributed by atoms with van der Waals surface area (Å²) in [6, 6.07) is 20.7. The Bertz CT molecular complexity index is 757. The van der Waals surface area contributed by atoms with E-state index in [0.717, 1.165) is 0 Å². The van der Waals surface area contributed by atoms with E-state index >= 15 is 0 Å². The van der Waals surface area contributed by atoms with Gasteiger partial charge in [0.25, 0.3) is 8.32 Å². The lowest BCUT2D eigenvalue weighted by Crippen LogP contribution is -2.66. The van der Waals surface area contributed by atoms with E-state index in [1.165, 1.54) is 10.4 Å². The standard InChI is InChI=1S/C24H32O4Si/c1-6-27-23(26)22(25)17-19(2)18-28-29(24(3,4)5,20-13-9-7-10-14-20)21-15-11-8-12-16-21/h7-16,22,25H,2,6,17-18H2,1,3-5H3/t22-/m1/s1. The molecule has 1 atom stereocenters. The van der Waals surface area contributed by atoms with Crippen LogP contribution in [0.3, 0.4) is 0 Å². The van der Waals surface area contributed by atoms with Crippen molar-refractivity contribution in [3.63, 3.8) is 0 Å². The van der Waals surface area contributed by atoms with E-state index in [0.29, 0.717) is 5.57 Å². The molecule has 2 rings (SSSR count). The average molecular weight is 413 g/mol. The number of rotatable bonds is 9. The Kier molecular flexibility index (Phi) is 7.96. The molecular weight excluding hydrogens is 380 g/mol. The molecular formula is C24H32O4Si. The summed E-state index contributed by atoms with van der Waals surface area (Å²) in [6.07, 6.45) is -1.10. The lowest BCUT2D eigenvalue weighted by Gasteiger charge is -2.43. The van der Waals surface area contributed by atoms with Gasteiger partial charge in [-0.25, -0.2) is 4.79 Å². The fourth-order valence-electron chi connectivity index (χ4n) is 3.63. The third kappa shape index (κ3) is 5.44. The van der Waals surface area contributed by atoms with Crippen LogP contribution in [0.25, 0.3) is 0 Å². The zero-order chi connectivity index (χ0) is 21.5. The molecule has 2 aromatic carbocycles. The van der Waals surface area contributed by atoms with E-state index in [1.54, 1.807) is 6.92 Å². The highest BCUT2D eigenvalue weighted by Gasteiger charge is 2.50. The first-order valence-corrected chi connectivity index (χ1v) is 11.9. The minimum Gasteiger partial charge on any atom is -0.464 e. The maximum atomic E-state index is 11.7. The quantitative estimate of drug-likeness (QED) is 0.389. The smallest absolute Gasteiger partial charge is 0.335 e. The molecule has 0 saturated carbocycles. The van der Waals surface area contributed by atoms with Gasteiger partial charge in [-0.1, -0.05) is 88.0 Å². The SMILES string of the molecule is C=C(CO[Si](c1ccccc1)(c1ccccc1)C(C)(C)C)C[C@@H](O)C(=O)OCC. The topological polar surface area (TPSA) is 55.8 Å². The van der Waals surface area contributed by atoms with Crippen LogP contribution in [0.15, 0.2) is 72.8 Å². The van der Waals surface area contributed by atoms with E-state index in [-0.39, 0.29) is 24.7 Å². The Hall–Kier alpha value is -2.21. The lowest BCUT2D eigenvalue weighted by atomic mass is 10.1. The fraction of sp³-hybridized carbons (Fsp3) is 0.375. The fourth-order valence-corrected chi connectivity index (χ4v) is 8.20. The van der Waals surface area contributed by atoms with Crippen molar-refractivity contribution >= 4 is 24.7 Å². The Morgan fingerprint density at radius 3 is 1.93 bits per heavy atom. The molecule has 0 bridgehead atoms. The highest BCUT2D eigenvalue weighted by Crippen LogP contribution is 2.37. The summed E-state index contributed by atoms with van der Waals surface area (Å²) in [4.78, 5) is 11.7. The summed E-state index contributed by atoms with van der Waals surface area (Å²) < 4.78 is 11.6. The van der Waals surface area contributed by atoms with Crippen LogP contribution < -0.4 is 10.4 Å². The second-order valence-electron chi connectivity index (χ2n) is 8.17. The Morgan fingerprint density at radius 2 is 1.52 bits per heavy atom. The number of carbonyl (C=O) groups is 1. The van der Waals surface area contributed by atoms with Crippen molar-refractivity contribution in [2.24, 2.45) is 0 Å². The third-order valence-electron chi connectivity index (χ3n) is 4.95. The molecule has 1 N–H and O–H groups in total. The monoisotopic (exact) mass is 412 g/mol. The predicted octanol–water partition coefficient (Wildman–Crippen LogP) is 3.43. The summed E-state index contributed by atoms with van der Waals surface area (Å²) in [7, 11) is -2.66. The number of aliphatic hydroxyl groups excluding tert-OH is 1. The van der Waals surface area contributed by atoms with Crippen LogP contribution in [0.1, 0.15) is 34.1 Å². The normalized spacial score (nSPS) is 13.0. The van der Waals surface area contributed by atoms with Gasteiger partial charge in [-0.2, -0.15) is 0 Å². The molecule has 0 aliphatic rings. The van der Waals surface area contributed by atoms with Crippen LogP contribution in [0.4, 0.5) is 0 Å². The van der Waals surface area contributed by atoms with Crippen molar-refractivity contribution in [1.82, 2.24) is 0 Å². The molecule has 2 aromatic rings. The highest BCUT2D eigenvalue weighted by atomic mass is 28.4. The third-order valence-corrected chi connectivity index (χ3v) is 9.93. The number of hydrogen-bond acceptors (Lipinski definition) is 4. The minimum atomic E-state index is -2.66. The number of carbonyl (C=O) groups excluding carboxylic acids is 1. The molecule has 0 amide bonds. The summed E-state index contributed by atoms with van der Waals surface area (Å²) in [5.74, 6) is -0.626. The Morgan fingerprint density at radius 1 is 1.03 bits per heavy atom. The number of hydrogen-bond donors (Lipinski definition) is 1. The summed E-state index contributed by atoms with van der Waals surface area (Å²) in [5.41, 5.74) is 0.665. The van der Waals surface area contributed by atoms with E-state index < -0.39 is 20.4 Å². The van der Waals surface area contributed by atoms with Crippen LogP contribution in [0, 0.1) is 0 Å². The first-order chi connectivity index (χ1) is 13.7. The van der Waals surface area contributed by atoms with Crippen molar-refractivity contribution in [2.45, 2.75) is 45.3 Å². The molecule has 29 heavy (non-hydrogen) atoms. The van der Waals surface area contributed by atoms with Gasteiger partial charge in [0.2, 0.25) is 0 Å². The molecule has 0 heterocycles. The van der Waals surface area contributed by atoms with Gasteiger partial charge >= 0.3 is 5.97 Å². The van der Waals surface area contributed by atoms with Crippen LogP contribution in [0.5, 0.6) is 0 Å². The van der Waals surface area contributed by atoms with Gasteiger partial charge in [0.1, 0.15) is 0 Å². The summed E-state index contributed by atoms with van der Waals surface area (Å²) in [6.45, 7) is 12.9. The van der Waals surface area contributed by atoms with Gasteiger partial charge < -0.3 is 14.3 Å². The van der Waals surface area contributed by atoms with Gasteiger partial charge in [-0.15, -0.1) is 0 Å². The van der Waals surface area contributed by atoms with Gasteiger partial charge in [0, 0.05) is 6.42 Å². The zero-order valence-electron chi connectivity index (χ0n) is 17.9. The van der Waals surface area contributed by atoms with Gasteiger partial charge in [0.15, 0.2) is 6.10 Å². The minimum absolute atomic E-state index is 0.122. The largest absolute Gasteiger partial charge is 0.464 e. The molecule has 4 nitrogen and oxygen atoms in total. The molecule has 156 valence electrons. The number of ether oxygens (including phenoxy) is 1. The van der Waals surface area contributed by atoms with Crippen LogP contribution in [-0.2, 0) is 14.0 Å². The molecule has 0 fully saturated rings. The number of esters is 1. The van der Waals surface area contributed by atoms with Crippen LogP contribution in [-0.4, -0.2) is 38.7 Å². The van der Waals surface area contributed by atoms with Crippen molar-refractivity contribution in [3.8, 4) is 0 Å². The predicted molar refractivity (Wildman–Crippen MR) is 120 cm³/mol. The summed E-state index contributed by atoms with van der Waals surface area (Å²) >= 11 is 0. The Balaban J connectivity index is 2.34. The second kappa shape index (κ2) is 10.0. The van der Waals surface area contributed by atoms with Crippen LogP contribution in [0.2, 0.25) is 5.04 Å². The zero-order valence-corrected chi connectivity index (χ0v) is 18.9. The molecule has 5 heteroatoms. The van der Waals surface area contributed by atoms with Gasteiger partial charge in [0.05, 0.1) is 13.2 Å². The first kappa shape index (κ1) is 23.1. The van der Waals surface area contributed by atoms with Crippen molar-refractivity contribution in [2.75, 3.05) is 13.2 Å².